The van der Waals surface area contributed by atoms with Crippen molar-refractivity contribution in [2.75, 3.05) is 12.0 Å². The predicted octanol–water partition coefficient (Wildman–Crippen LogP) is -0.607. The van der Waals surface area contributed by atoms with Gasteiger partial charge in [0.25, 0.3) is 5.91 Å². The molecule has 5 rings (SSSR count). The zero-order valence-corrected chi connectivity index (χ0v) is 23.5. The minimum absolute atomic E-state index is 0.0415. The fourth-order valence-electron chi connectivity index (χ4n) is 4.70. The van der Waals surface area contributed by atoms with Gasteiger partial charge < -0.3 is 34.8 Å². The van der Waals surface area contributed by atoms with E-state index >= 15 is 4.39 Å². The van der Waals surface area contributed by atoms with Crippen molar-refractivity contribution in [1.29, 1.82) is 0 Å². The highest BCUT2D eigenvalue weighted by Gasteiger charge is 2.65. The molecule has 6 N–H and O–H groups in total. The fraction of sp³-hybridized carbons (Fsp3) is 0.280. The molecule has 1 saturated heterocycles. The number of benzene rings is 2. The number of aliphatic hydroxyl groups is 4. The van der Waals surface area contributed by atoms with E-state index in [1.807, 2.05) is 9.24 Å². The molecule has 0 aliphatic carbocycles. The van der Waals surface area contributed by atoms with E-state index < -0.39 is 34.3 Å². The van der Waals surface area contributed by atoms with Crippen LogP contribution < -0.4 is 15.4 Å². The van der Waals surface area contributed by atoms with E-state index in [4.69, 9.17) is 38.7 Å². The average Bonchev–Trinajstić information content (AvgIpc) is 2.91. The van der Waals surface area contributed by atoms with Gasteiger partial charge in [-0.05, 0) is 54.4 Å². The summed E-state index contributed by atoms with van der Waals surface area (Å²) in [5.41, 5.74) is 7.15. The number of hydrogen-bond donors (Lipinski definition) is 5. The predicted molar refractivity (Wildman–Crippen MR) is 155 cm³/mol. The molecule has 210 valence electrons. The molecule has 12 nitrogen and oxygen atoms in total. The first-order valence-electron chi connectivity index (χ1n) is 12.2. The normalized spacial score (nSPS) is 24.0. The van der Waals surface area contributed by atoms with Gasteiger partial charge in [-0.15, -0.1) is 19.4 Å². The Morgan fingerprint density at radius 1 is 1.07 bits per heavy atom. The second-order valence-corrected chi connectivity index (χ2v) is 10.8. The Balaban J connectivity index is 1.62. The van der Waals surface area contributed by atoms with Gasteiger partial charge in [-0.1, -0.05) is 0 Å². The molecule has 2 aromatic heterocycles. The molecule has 0 spiro atoms. The topological polar surface area (TPSA) is 180 Å². The van der Waals surface area contributed by atoms with Crippen molar-refractivity contribution in [3.05, 3.63) is 71.4 Å². The molecule has 3 heterocycles. The van der Waals surface area contributed by atoms with Gasteiger partial charge in [0.05, 0.1) is 34.6 Å². The number of ether oxygens (including phenoxy) is 2. The molecular formula is C25H23B3FN6O6P. The van der Waals surface area contributed by atoms with Gasteiger partial charge in [-0.25, -0.2) is 14.4 Å². The lowest BCUT2D eigenvalue weighted by molar-refractivity contribution is -0.343. The number of anilines is 1. The lowest BCUT2D eigenvalue weighted by atomic mass is 9.59. The Morgan fingerprint density at radius 2 is 1.79 bits per heavy atom. The fourth-order valence-corrected chi connectivity index (χ4v) is 5.09. The van der Waals surface area contributed by atoms with E-state index in [0.29, 0.717) is 21.4 Å². The number of halogens is 1. The van der Waals surface area contributed by atoms with Crippen LogP contribution in [0, 0.1) is 12.7 Å². The van der Waals surface area contributed by atoms with Crippen molar-refractivity contribution in [2.45, 2.75) is 35.4 Å². The van der Waals surface area contributed by atoms with Crippen LogP contribution in [0.15, 0.2) is 48.8 Å². The second kappa shape index (κ2) is 10.2. The largest absolute Gasteiger partial charge is 0.480 e. The first-order chi connectivity index (χ1) is 19.5. The Kier molecular flexibility index (Phi) is 7.34. The van der Waals surface area contributed by atoms with Gasteiger partial charge in [0, 0.05) is 22.7 Å². The van der Waals surface area contributed by atoms with Crippen LogP contribution in [0.25, 0.3) is 22.2 Å². The van der Waals surface area contributed by atoms with Crippen LogP contribution in [-0.2, 0) is 4.74 Å². The molecule has 1 aliphatic heterocycles. The molecule has 4 unspecified atom stereocenters. The van der Waals surface area contributed by atoms with Crippen LogP contribution >= 0.6 is 9.24 Å². The van der Waals surface area contributed by atoms with Gasteiger partial charge in [0.1, 0.15) is 41.8 Å². The summed E-state index contributed by atoms with van der Waals surface area (Å²) in [5, 5.41) is 46.5. The van der Waals surface area contributed by atoms with Crippen molar-refractivity contribution in [2.24, 2.45) is 5.73 Å². The third-order valence-corrected chi connectivity index (χ3v) is 7.71. The summed E-state index contributed by atoms with van der Waals surface area (Å²) in [5.74, 6) is -6.34. The number of nitrogens with two attached hydrogens (primary N) is 1. The van der Waals surface area contributed by atoms with E-state index in [0.717, 1.165) is 0 Å². The molecule has 1 aliphatic rings. The summed E-state index contributed by atoms with van der Waals surface area (Å²) in [4.78, 5) is 9.14. The van der Waals surface area contributed by atoms with Crippen molar-refractivity contribution in [1.82, 2.24) is 20.2 Å². The monoisotopic (exact) mass is 586 g/mol. The van der Waals surface area contributed by atoms with E-state index in [9.17, 15) is 20.4 Å². The highest BCUT2D eigenvalue weighted by Crippen LogP contribution is 2.47. The van der Waals surface area contributed by atoms with Gasteiger partial charge in [-0.3, -0.25) is 5.73 Å². The summed E-state index contributed by atoms with van der Waals surface area (Å²) in [6.07, 6.45) is -0.0734. The average molecular weight is 586 g/mol. The Hall–Kier alpha value is -3.23. The molecule has 2 aromatic carbocycles. The minimum atomic E-state index is -3.20. The van der Waals surface area contributed by atoms with Crippen LogP contribution in [0.5, 0.6) is 5.88 Å². The molecule has 4 atom stereocenters. The standard InChI is InChI=1S/C25H23B3FN6O6P/c1-11-7-16(29)15(9-14(11)21(36)17-5-6-19(40-2)34-33-17)20-13-4-3-12(8-18(13)31-10-32-20)35-23(28,42)24(30,37)41-22(26,27)25(35,38)39/h3-10,21,36-39H,30,42H2,1-2H3. The van der Waals surface area contributed by atoms with Gasteiger partial charge >= 0.3 is 0 Å². The van der Waals surface area contributed by atoms with Crippen LogP contribution in [-0.4, -0.2) is 93.6 Å². The minimum Gasteiger partial charge on any atom is -0.480 e. The smallest absolute Gasteiger partial charge is 0.259 e. The molecule has 0 bridgehead atoms. The zero-order chi connectivity index (χ0) is 30.8. The number of aromatic nitrogens is 4. The Bertz CT molecular complexity index is 1660. The highest BCUT2D eigenvalue weighted by molar-refractivity contribution is 7.22. The number of nitrogens with zero attached hydrogens (tertiary/aromatic N) is 5. The van der Waals surface area contributed by atoms with E-state index in [2.05, 4.69) is 20.2 Å². The summed E-state index contributed by atoms with van der Waals surface area (Å²) in [7, 11) is 21.0. The maximum atomic E-state index is 15.4. The molecule has 1 fully saturated rings. The van der Waals surface area contributed by atoms with Crippen LogP contribution in [0.1, 0.15) is 22.9 Å². The Labute approximate surface area is 245 Å². The van der Waals surface area contributed by atoms with Gasteiger partial charge in [0.15, 0.2) is 0 Å². The van der Waals surface area contributed by atoms with Crippen LogP contribution in [0.2, 0.25) is 0 Å². The highest BCUT2D eigenvalue weighted by atomic mass is 31.0. The molecule has 42 heavy (non-hydrogen) atoms. The molecular weight excluding hydrogens is 563 g/mol. The third kappa shape index (κ3) is 4.73. The maximum absolute atomic E-state index is 15.4. The summed E-state index contributed by atoms with van der Waals surface area (Å²) in [6.45, 7) is 1.64. The molecule has 0 amide bonds. The van der Waals surface area contributed by atoms with Crippen LogP contribution in [0.3, 0.4) is 0 Å². The lowest BCUT2D eigenvalue weighted by Gasteiger charge is -2.63. The zero-order valence-electron chi connectivity index (χ0n) is 22.3. The first-order valence-corrected chi connectivity index (χ1v) is 12.8. The van der Waals surface area contributed by atoms with Crippen molar-refractivity contribution < 1.29 is 34.3 Å². The molecule has 6 radical (unpaired) electrons. The SMILES string of the molecule is [B]C1([B])OC(N)(O)C([B])(P)N(c2ccc3c(-c4cc(C(O)c5ccc(OC)nn5)c(C)cc4F)ncnc3c2)C1(O)O. The third-order valence-electron chi connectivity index (χ3n) is 7.04. The summed E-state index contributed by atoms with van der Waals surface area (Å²) in [6, 6.07) is 9.95. The lowest BCUT2D eigenvalue weighted by Crippen LogP contribution is -2.85. The van der Waals surface area contributed by atoms with Crippen molar-refractivity contribution in [3.63, 3.8) is 0 Å². The summed E-state index contributed by atoms with van der Waals surface area (Å²) >= 11 is 0. The van der Waals surface area contributed by atoms with E-state index in [1.54, 1.807) is 13.0 Å². The number of rotatable bonds is 5. The van der Waals surface area contributed by atoms with Crippen molar-refractivity contribution >= 4 is 49.4 Å². The number of aryl methyl sites for hydroxylation is 1. The van der Waals surface area contributed by atoms with Gasteiger partial charge in [-0.2, -0.15) is 0 Å². The van der Waals surface area contributed by atoms with E-state index in [1.165, 1.54) is 49.8 Å². The number of hydrogen-bond acceptors (Lipinski definition) is 12. The second-order valence-electron chi connectivity index (χ2n) is 9.90. The van der Waals surface area contributed by atoms with Crippen LogP contribution in [0.4, 0.5) is 10.1 Å². The number of morpholine rings is 1. The summed E-state index contributed by atoms with van der Waals surface area (Å²) < 4.78 is 25.3. The van der Waals surface area contributed by atoms with E-state index in [-0.39, 0.29) is 34.0 Å². The maximum Gasteiger partial charge on any atom is 0.259 e. The molecule has 17 heteroatoms. The van der Waals surface area contributed by atoms with Crippen molar-refractivity contribution in [3.8, 4) is 17.1 Å². The number of methoxy groups -OCH3 is 1. The quantitative estimate of drug-likeness (QED) is 0.114. The number of aliphatic hydroxyl groups excluding tert-OH is 1. The first kappa shape index (κ1) is 30.2. The Morgan fingerprint density at radius 3 is 2.43 bits per heavy atom. The molecule has 4 aromatic rings. The van der Waals surface area contributed by atoms with Gasteiger partial charge in [0.2, 0.25) is 11.8 Å². The number of fused-ring (bicyclic) bond motifs is 1. The molecule has 0 saturated carbocycles.